The van der Waals surface area contributed by atoms with Crippen LogP contribution in [0, 0.1) is 0 Å². The third-order valence-electron chi connectivity index (χ3n) is 5.01. The van der Waals surface area contributed by atoms with E-state index in [1.807, 2.05) is 0 Å². The first-order valence-electron chi connectivity index (χ1n) is 9.78. The first-order chi connectivity index (χ1) is 15.7. The predicted octanol–water partition coefficient (Wildman–Crippen LogP) is 4.00. The maximum atomic E-state index is 13.0. The van der Waals surface area contributed by atoms with Crippen LogP contribution in [0.5, 0.6) is 11.5 Å². The average molecular weight is 494 g/mol. The van der Waals surface area contributed by atoms with Crippen molar-refractivity contribution in [1.29, 1.82) is 0 Å². The summed E-state index contributed by atoms with van der Waals surface area (Å²) in [5, 5.41) is 11.3. The summed E-state index contributed by atoms with van der Waals surface area (Å²) < 4.78 is 15.3. The van der Waals surface area contributed by atoms with Gasteiger partial charge < -0.3 is 24.2 Å². The van der Waals surface area contributed by atoms with Crippen LogP contribution in [0.4, 0.5) is 0 Å². The number of methoxy groups -OCH3 is 2. The minimum Gasteiger partial charge on any atom is -0.507 e. The monoisotopic (exact) mass is 493 g/mol. The van der Waals surface area contributed by atoms with Crippen LogP contribution in [0.1, 0.15) is 24.1 Å². The van der Waals surface area contributed by atoms with Crippen LogP contribution < -0.4 is 9.47 Å². The van der Waals surface area contributed by atoms with Crippen LogP contribution in [0.2, 0.25) is 10.0 Å². The van der Waals surface area contributed by atoms with Gasteiger partial charge in [-0.15, -0.1) is 0 Å². The summed E-state index contributed by atoms with van der Waals surface area (Å²) in [4.78, 5) is 38.3. The van der Waals surface area contributed by atoms with E-state index in [0.29, 0.717) is 11.3 Å². The molecule has 1 aliphatic rings. The molecule has 0 spiro atoms. The first-order valence-corrected chi connectivity index (χ1v) is 10.5. The summed E-state index contributed by atoms with van der Waals surface area (Å²) in [6, 6.07) is 8.16. The number of benzene rings is 2. The maximum Gasteiger partial charge on any atom is 0.308 e. The van der Waals surface area contributed by atoms with E-state index >= 15 is 0 Å². The Morgan fingerprint density at radius 3 is 2.21 bits per heavy atom. The van der Waals surface area contributed by atoms with Crippen LogP contribution in [-0.2, 0) is 19.1 Å². The van der Waals surface area contributed by atoms with Crippen molar-refractivity contribution in [2.45, 2.75) is 13.0 Å². The fourth-order valence-corrected chi connectivity index (χ4v) is 4.22. The molecule has 8 nitrogen and oxygen atoms in total. The molecule has 0 aromatic heterocycles. The van der Waals surface area contributed by atoms with Gasteiger partial charge in [-0.05, 0) is 29.8 Å². The highest BCUT2D eigenvalue weighted by Crippen LogP contribution is 2.42. The molecule has 174 valence electrons. The molecular weight excluding hydrogens is 473 g/mol. The number of Topliss-reactive ketones (excluding diaryl/α,β-unsaturated/α-hetero) is 1. The van der Waals surface area contributed by atoms with Gasteiger partial charge in [0.15, 0.2) is 5.75 Å². The van der Waals surface area contributed by atoms with E-state index in [9.17, 15) is 19.5 Å². The molecule has 1 aliphatic heterocycles. The molecule has 3 rings (SSSR count). The second-order valence-corrected chi connectivity index (χ2v) is 7.94. The minimum absolute atomic E-state index is 0.109. The van der Waals surface area contributed by atoms with Gasteiger partial charge in [0.05, 0.1) is 35.4 Å². The van der Waals surface area contributed by atoms with Gasteiger partial charge in [-0.1, -0.05) is 35.3 Å². The highest BCUT2D eigenvalue weighted by atomic mass is 35.5. The second-order valence-electron chi connectivity index (χ2n) is 7.12. The van der Waals surface area contributed by atoms with E-state index < -0.39 is 29.5 Å². The Balaban J connectivity index is 2.15. The lowest BCUT2D eigenvalue weighted by Gasteiger charge is -2.25. The highest BCUT2D eigenvalue weighted by molar-refractivity contribution is 6.46. The number of carbonyl (C=O) groups excluding carboxylic acids is 3. The fraction of sp³-hybridized carbons (Fsp3) is 0.261. The quantitative estimate of drug-likeness (QED) is 0.204. The zero-order valence-electron chi connectivity index (χ0n) is 18.1. The van der Waals surface area contributed by atoms with Crippen molar-refractivity contribution in [3.63, 3.8) is 0 Å². The number of aliphatic hydroxyl groups excluding tert-OH is 1. The van der Waals surface area contributed by atoms with Crippen molar-refractivity contribution in [2.24, 2.45) is 0 Å². The third kappa shape index (κ3) is 4.98. The molecule has 1 atom stereocenters. The Morgan fingerprint density at radius 1 is 1.09 bits per heavy atom. The van der Waals surface area contributed by atoms with Gasteiger partial charge in [-0.3, -0.25) is 14.4 Å². The van der Waals surface area contributed by atoms with Crippen LogP contribution >= 0.6 is 23.2 Å². The molecule has 1 fully saturated rings. The van der Waals surface area contributed by atoms with Gasteiger partial charge in [0.25, 0.3) is 11.7 Å². The first kappa shape index (κ1) is 24.6. The number of ketones is 1. The van der Waals surface area contributed by atoms with Crippen molar-refractivity contribution >= 4 is 46.6 Å². The van der Waals surface area contributed by atoms with Crippen molar-refractivity contribution < 1.29 is 33.7 Å². The summed E-state index contributed by atoms with van der Waals surface area (Å²) in [5.74, 6) is -2.05. The van der Waals surface area contributed by atoms with E-state index in [4.69, 9.17) is 37.4 Å². The van der Waals surface area contributed by atoms with Gasteiger partial charge in [0, 0.05) is 26.1 Å². The highest BCUT2D eigenvalue weighted by Gasteiger charge is 2.46. The average Bonchev–Trinajstić information content (AvgIpc) is 3.01. The Kier molecular flexibility index (Phi) is 7.63. The lowest BCUT2D eigenvalue weighted by atomic mass is 9.95. The molecule has 33 heavy (non-hydrogen) atoms. The number of hydrogen-bond acceptors (Lipinski definition) is 7. The van der Waals surface area contributed by atoms with Gasteiger partial charge >= 0.3 is 5.97 Å². The third-order valence-corrected chi connectivity index (χ3v) is 5.57. The number of aliphatic hydroxyl groups is 1. The Morgan fingerprint density at radius 2 is 1.70 bits per heavy atom. The number of nitrogens with zero attached hydrogens (tertiary/aromatic N) is 1. The Labute approximate surface area is 200 Å². The van der Waals surface area contributed by atoms with Crippen molar-refractivity contribution in [1.82, 2.24) is 4.90 Å². The predicted molar refractivity (Wildman–Crippen MR) is 122 cm³/mol. The normalized spacial score (nSPS) is 17.4. The molecule has 1 unspecified atom stereocenters. The number of amides is 1. The number of ether oxygens (including phenoxy) is 3. The zero-order chi connectivity index (χ0) is 24.3. The summed E-state index contributed by atoms with van der Waals surface area (Å²) in [5.41, 5.74) is 0.541. The van der Waals surface area contributed by atoms with Gasteiger partial charge in [0.2, 0.25) is 0 Å². The number of esters is 1. The van der Waals surface area contributed by atoms with Gasteiger partial charge in [-0.25, -0.2) is 0 Å². The fourth-order valence-electron chi connectivity index (χ4n) is 3.58. The molecular formula is C23H21Cl2NO7. The lowest BCUT2D eigenvalue weighted by Crippen LogP contribution is -2.32. The summed E-state index contributed by atoms with van der Waals surface area (Å²) in [6.45, 7) is 1.56. The van der Waals surface area contributed by atoms with Crippen LogP contribution in [0.25, 0.3) is 5.76 Å². The Hall–Kier alpha value is -3.07. The molecule has 0 aliphatic carbocycles. The topological polar surface area (TPSA) is 102 Å². The number of rotatable bonds is 7. The van der Waals surface area contributed by atoms with E-state index in [-0.39, 0.29) is 40.1 Å². The Bertz CT molecular complexity index is 1110. The largest absolute Gasteiger partial charge is 0.507 e. The van der Waals surface area contributed by atoms with Crippen LogP contribution in [0.3, 0.4) is 0 Å². The number of likely N-dealkylation sites (tertiary alicyclic amines) is 1. The van der Waals surface area contributed by atoms with E-state index in [0.717, 1.165) is 0 Å². The van der Waals surface area contributed by atoms with E-state index in [2.05, 4.69) is 0 Å². The smallest absolute Gasteiger partial charge is 0.308 e. The summed E-state index contributed by atoms with van der Waals surface area (Å²) >= 11 is 12.4. The van der Waals surface area contributed by atoms with Crippen LogP contribution in [-0.4, -0.2) is 55.0 Å². The molecule has 1 amide bonds. The van der Waals surface area contributed by atoms with Gasteiger partial charge in [-0.2, -0.15) is 0 Å². The summed E-state index contributed by atoms with van der Waals surface area (Å²) in [6.07, 6.45) is 0. The molecule has 2 aromatic carbocycles. The zero-order valence-corrected chi connectivity index (χ0v) is 19.6. The molecule has 0 bridgehead atoms. The molecule has 1 heterocycles. The van der Waals surface area contributed by atoms with Crippen molar-refractivity contribution in [3.05, 3.63) is 63.1 Å². The SMILES string of the molecule is COCCN1C(=O)C(=O)/C(=C(/O)c2cc(Cl)c(OC)c(Cl)c2)C1c1ccc(OC(C)=O)cc1. The van der Waals surface area contributed by atoms with Crippen molar-refractivity contribution in [2.75, 3.05) is 27.4 Å². The van der Waals surface area contributed by atoms with Gasteiger partial charge in [0.1, 0.15) is 11.5 Å². The second kappa shape index (κ2) is 10.2. The molecule has 1 N–H and O–H groups in total. The molecule has 0 saturated carbocycles. The summed E-state index contributed by atoms with van der Waals surface area (Å²) in [7, 11) is 2.87. The standard InChI is InChI=1S/C23H21Cl2NO7/c1-12(27)33-15-6-4-13(5-7-15)19-18(21(29)23(30)26(19)8-9-31-2)20(28)14-10-16(24)22(32-3)17(25)11-14/h4-7,10-11,19,28H,8-9H2,1-3H3/b20-18+. The lowest BCUT2D eigenvalue weighted by molar-refractivity contribution is -0.140. The molecule has 10 heteroatoms. The minimum atomic E-state index is -0.911. The van der Waals surface area contributed by atoms with E-state index in [1.54, 1.807) is 12.1 Å². The van der Waals surface area contributed by atoms with E-state index in [1.165, 1.54) is 50.3 Å². The van der Waals surface area contributed by atoms with Crippen molar-refractivity contribution in [3.8, 4) is 11.5 Å². The molecule has 2 aromatic rings. The maximum absolute atomic E-state index is 13.0. The molecule has 0 radical (unpaired) electrons. The number of hydrogen-bond donors (Lipinski definition) is 1. The van der Waals surface area contributed by atoms with Crippen LogP contribution in [0.15, 0.2) is 42.0 Å². The molecule has 1 saturated heterocycles. The number of halogens is 2. The number of carbonyl (C=O) groups is 3.